The van der Waals surface area contributed by atoms with Crippen molar-refractivity contribution in [1.82, 2.24) is 4.98 Å². The molecule has 1 aromatic heterocycles. The van der Waals surface area contributed by atoms with Gasteiger partial charge in [-0.05, 0) is 61.9 Å². The summed E-state index contributed by atoms with van der Waals surface area (Å²) >= 11 is 0. The zero-order chi connectivity index (χ0) is 18.8. The number of rotatable bonds is 1. The standard InChI is InChI=1S/C19H20N2O.H3NO2S/c1-12-6-5-9-17-18(12)15(19(22)21(17)2)11-14-10-13-7-3-4-8-16(13)20-14;1-4(2)3/h5-6,9-11,20H,3-4,7-8H2,1-2H3;4H,(H2,1,2,3). The van der Waals surface area contributed by atoms with Gasteiger partial charge in [0.05, 0.1) is 11.3 Å². The number of aromatic nitrogens is 1. The third-order valence-corrected chi connectivity index (χ3v) is 4.85. The topological polar surface area (TPSA) is 96.3 Å². The number of hydrogen-bond acceptors (Lipinski definition) is 3. The fourth-order valence-electron chi connectivity index (χ4n) is 3.68. The number of carbonyl (C=O) groups is 1. The molecule has 1 aliphatic carbocycles. The number of H-pyrrole nitrogens is 1. The molecule has 0 radical (unpaired) electrons. The number of thiol groups is 1. The van der Waals surface area contributed by atoms with Crippen molar-refractivity contribution in [3.8, 4) is 0 Å². The van der Waals surface area contributed by atoms with Gasteiger partial charge < -0.3 is 9.88 Å². The number of benzene rings is 1. The Morgan fingerprint density at radius 2 is 1.92 bits per heavy atom. The van der Waals surface area contributed by atoms with E-state index >= 15 is 0 Å². The highest BCUT2D eigenvalue weighted by Crippen LogP contribution is 2.39. The molecule has 26 heavy (non-hydrogen) atoms. The molecule has 0 fully saturated rings. The van der Waals surface area contributed by atoms with Crippen molar-refractivity contribution in [3.63, 3.8) is 0 Å². The van der Waals surface area contributed by atoms with Gasteiger partial charge in [0.15, 0.2) is 10.9 Å². The number of likely N-dealkylation sites (N-methyl/N-ethyl adjacent to an activating group) is 1. The van der Waals surface area contributed by atoms with Crippen molar-refractivity contribution in [2.45, 2.75) is 32.6 Å². The van der Waals surface area contributed by atoms with Crippen LogP contribution in [0.25, 0.3) is 11.6 Å². The lowest BCUT2D eigenvalue weighted by Gasteiger charge is -2.08. The van der Waals surface area contributed by atoms with E-state index in [0.717, 1.165) is 40.9 Å². The molecule has 7 heteroatoms. The average molecular weight is 373 g/mol. The van der Waals surface area contributed by atoms with Gasteiger partial charge in [0.2, 0.25) is 0 Å². The Labute approximate surface area is 154 Å². The third-order valence-electron chi connectivity index (χ3n) is 4.85. The quantitative estimate of drug-likeness (QED) is 0.528. The summed E-state index contributed by atoms with van der Waals surface area (Å²) in [5.41, 5.74) is 7.85. The second-order valence-electron chi connectivity index (χ2n) is 6.61. The van der Waals surface area contributed by atoms with Crippen LogP contribution in [0.15, 0.2) is 24.3 Å². The summed E-state index contributed by atoms with van der Waals surface area (Å²) in [6, 6.07) is 8.30. The van der Waals surface area contributed by atoms with Crippen LogP contribution < -0.4 is 10.0 Å². The third kappa shape index (κ3) is 3.59. The Hall–Kier alpha value is -2.38. The summed E-state index contributed by atoms with van der Waals surface area (Å²) < 4.78 is 17.6. The molecule has 2 aliphatic rings. The molecular weight excluding hydrogens is 350 g/mol. The van der Waals surface area contributed by atoms with Crippen molar-refractivity contribution < 1.29 is 13.2 Å². The van der Waals surface area contributed by atoms with Gasteiger partial charge in [0.1, 0.15) is 0 Å². The Balaban J connectivity index is 0.000000447. The van der Waals surface area contributed by atoms with Crippen LogP contribution in [0.2, 0.25) is 0 Å². The molecule has 0 atom stereocenters. The summed E-state index contributed by atoms with van der Waals surface area (Å²) in [7, 11) is -0.772. The molecule has 3 N–H and O–H groups in total. The van der Waals surface area contributed by atoms with Gasteiger partial charge in [-0.1, -0.05) is 12.1 Å². The van der Waals surface area contributed by atoms with Crippen LogP contribution in [0.5, 0.6) is 0 Å². The summed E-state index contributed by atoms with van der Waals surface area (Å²) in [6.45, 7) is 2.07. The van der Waals surface area contributed by atoms with Crippen molar-refractivity contribution in [2.75, 3.05) is 11.9 Å². The molecule has 2 heterocycles. The summed E-state index contributed by atoms with van der Waals surface area (Å²) in [5.74, 6) is 0.0804. The van der Waals surface area contributed by atoms with Crippen molar-refractivity contribution in [3.05, 3.63) is 52.3 Å². The molecule has 4 rings (SSSR count). The molecule has 6 nitrogen and oxygen atoms in total. The number of fused-ring (bicyclic) bond motifs is 2. The molecule has 1 amide bonds. The van der Waals surface area contributed by atoms with Crippen LogP contribution in [-0.4, -0.2) is 26.4 Å². The minimum absolute atomic E-state index is 0.0804. The van der Waals surface area contributed by atoms with Gasteiger partial charge in [-0.25, -0.2) is 13.6 Å². The number of aryl methyl sites for hydroxylation is 3. The second-order valence-corrected chi connectivity index (χ2v) is 7.18. The normalized spacial score (nSPS) is 17.2. The van der Waals surface area contributed by atoms with Gasteiger partial charge in [0, 0.05) is 24.0 Å². The molecule has 0 unspecified atom stereocenters. The van der Waals surface area contributed by atoms with Crippen LogP contribution in [0.4, 0.5) is 5.69 Å². The first kappa shape index (κ1) is 18.4. The maximum atomic E-state index is 12.6. The molecule has 1 aliphatic heterocycles. The van der Waals surface area contributed by atoms with Gasteiger partial charge >= 0.3 is 0 Å². The molecule has 0 saturated carbocycles. The lowest BCUT2D eigenvalue weighted by molar-refractivity contribution is -0.112. The Morgan fingerprint density at radius 3 is 2.62 bits per heavy atom. The molecule has 0 saturated heterocycles. The summed E-state index contributed by atoms with van der Waals surface area (Å²) in [4.78, 5) is 17.9. The van der Waals surface area contributed by atoms with Gasteiger partial charge in [0.25, 0.3) is 5.91 Å². The highest BCUT2D eigenvalue weighted by Gasteiger charge is 2.30. The van der Waals surface area contributed by atoms with E-state index in [-0.39, 0.29) is 5.91 Å². The number of nitrogens with zero attached hydrogens (tertiary/aromatic N) is 1. The number of hydrogen-bond donors (Lipinski definition) is 3. The maximum absolute atomic E-state index is 12.6. The number of carbonyl (C=O) groups excluding carboxylic acids is 1. The molecule has 2 aromatic rings. The summed E-state index contributed by atoms with van der Waals surface area (Å²) in [5, 5.41) is 4.06. The van der Waals surface area contributed by atoms with E-state index in [1.165, 1.54) is 24.1 Å². The van der Waals surface area contributed by atoms with E-state index in [0.29, 0.717) is 0 Å². The summed E-state index contributed by atoms with van der Waals surface area (Å²) in [6.07, 6.45) is 6.83. The van der Waals surface area contributed by atoms with E-state index in [9.17, 15) is 4.79 Å². The predicted molar refractivity (Wildman–Crippen MR) is 104 cm³/mol. The number of amides is 1. The Kier molecular flexibility index (Phi) is 5.29. The maximum Gasteiger partial charge on any atom is 0.258 e. The fourth-order valence-corrected chi connectivity index (χ4v) is 3.68. The first-order chi connectivity index (χ1) is 12.4. The fraction of sp³-hybridized carbons (Fsp3) is 0.316. The van der Waals surface area contributed by atoms with E-state index in [1.807, 2.05) is 25.3 Å². The molecule has 0 bridgehead atoms. The van der Waals surface area contributed by atoms with Gasteiger partial charge in [-0.2, -0.15) is 0 Å². The van der Waals surface area contributed by atoms with Gasteiger partial charge in [-0.3, -0.25) is 4.79 Å². The van der Waals surface area contributed by atoms with Crippen LogP contribution >= 0.6 is 0 Å². The largest absolute Gasteiger partial charge is 0.359 e. The number of nitrogens with one attached hydrogen (secondary N) is 1. The molecular formula is C19H23N3O3S. The van der Waals surface area contributed by atoms with E-state index < -0.39 is 10.9 Å². The number of anilines is 1. The highest BCUT2D eigenvalue weighted by molar-refractivity contribution is 7.69. The minimum atomic E-state index is -2.62. The Morgan fingerprint density at radius 1 is 1.23 bits per heavy atom. The van der Waals surface area contributed by atoms with Crippen molar-refractivity contribution in [2.24, 2.45) is 5.14 Å². The Bertz CT molecular complexity index is 925. The van der Waals surface area contributed by atoms with E-state index in [2.05, 4.69) is 29.2 Å². The van der Waals surface area contributed by atoms with Crippen LogP contribution in [0, 0.1) is 6.92 Å². The second kappa shape index (κ2) is 7.47. The zero-order valence-electron chi connectivity index (χ0n) is 14.9. The first-order valence-corrected chi connectivity index (χ1v) is 9.82. The lowest BCUT2D eigenvalue weighted by atomic mass is 9.98. The van der Waals surface area contributed by atoms with E-state index in [1.54, 1.807) is 4.90 Å². The van der Waals surface area contributed by atoms with Gasteiger partial charge in [-0.15, -0.1) is 0 Å². The molecule has 138 valence electrons. The first-order valence-electron chi connectivity index (χ1n) is 8.58. The predicted octanol–water partition coefficient (Wildman–Crippen LogP) is 2.19. The lowest BCUT2D eigenvalue weighted by Crippen LogP contribution is -2.20. The SMILES string of the molecule is Cc1cccc2c1C(=Cc1cc3c([nH]1)CCCC3)C(=O)N2C.N[SH](=O)=O. The average Bonchev–Trinajstić information content (AvgIpc) is 3.10. The van der Waals surface area contributed by atoms with Crippen LogP contribution in [-0.2, 0) is 28.5 Å². The smallest absolute Gasteiger partial charge is 0.258 e. The number of nitrogens with two attached hydrogens (primary N) is 1. The number of aromatic amines is 1. The molecule has 1 aromatic carbocycles. The molecule has 0 spiro atoms. The van der Waals surface area contributed by atoms with E-state index in [4.69, 9.17) is 8.42 Å². The zero-order valence-corrected chi connectivity index (χ0v) is 15.8. The highest BCUT2D eigenvalue weighted by atomic mass is 32.2. The van der Waals surface area contributed by atoms with Crippen LogP contribution in [0.3, 0.4) is 0 Å². The minimum Gasteiger partial charge on any atom is -0.359 e. The van der Waals surface area contributed by atoms with Crippen LogP contribution in [0.1, 0.15) is 40.9 Å². The monoisotopic (exact) mass is 373 g/mol. The van der Waals surface area contributed by atoms with Crippen molar-refractivity contribution in [1.29, 1.82) is 0 Å². The van der Waals surface area contributed by atoms with Crippen molar-refractivity contribution >= 4 is 34.1 Å².